The number of nitrogens with one attached hydrogen (secondary N) is 1. The second kappa shape index (κ2) is 7.66. The van der Waals surface area contributed by atoms with Crippen LogP contribution in [0.5, 0.6) is 0 Å². The number of carbonyl (C=O) groups is 2. The molecule has 0 saturated heterocycles. The van der Waals surface area contributed by atoms with Crippen LogP contribution < -0.4 is 5.32 Å². The third-order valence-electron chi connectivity index (χ3n) is 4.50. The van der Waals surface area contributed by atoms with Crippen molar-refractivity contribution in [3.63, 3.8) is 0 Å². The first-order chi connectivity index (χ1) is 13.9. The number of hydrogen-bond acceptors (Lipinski definition) is 4. The van der Waals surface area contributed by atoms with Crippen molar-refractivity contribution in [3.8, 4) is 11.3 Å². The van der Waals surface area contributed by atoms with E-state index in [0.717, 1.165) is 21.5 Å². The molecule has 0 aliphatic heterocycles. The van der Waals surface area contributed by atoms with E-state index in [-0.39, 0.29) is 11.1 Å². The zero-order valence-electron chi connectivity index (χ0n) is 15.3. The van der Waals surface area contributed by atoms with Crippen molar-refractivity contribution in [1.82, 2.24) is 4.98 Å². The Labute approximate surface area is 175 Å². The molecule has 0 aliphatic rings. The Bertz CT molecular complexity index is 1270. The SMILES string of the molecule is Cc1sc(NC(=O)c2ccc3ccccc3c2C(=O)O)nc1-c1cccc(Cl)c1. The van der Waals surface area contributed by atoms with E-state index in [1.165, 1.54) is 17.4 Å². The molecule has 144 valence electrons. The van der Waals surface area contributed by atoms with Gasteiger partial charge in [0.1, 0.15) is 0 Å². The molecule has 29 heavy (non-hydrogen) atoms. The van der Waals surface area contributed by atoms with Crippen LogP contribution in [0.1, 0.15) is 25.6 Å². The number of rotatable bonds is 4. The molecule has 4 rings (SSSR count). The first-order valence-electron chi connectivity index (χ1n) is 8.74. The van der Waals surface area contributed by atoms with Crippen molar-refractivity contribution in [1.29, 1.82) is 0 Å². The number of nitrogens with zero attached hydrogens (tertiary/aromatic N) is 1. The molecule has 1 heterocycles. The number of carboxylic acid groups (broad SMARTS) is 1. The molecule has 5 nitrogen and oxygen atoms in total. The van der Waals surface area contributed by atoms with Gasteiger partial charge in [-0.25, -0.2) is 9.78 Å². The normalized spacial score (nSPS) is 10.8. The summed E-state index contributed by atoms with van der Waals surface area (Å²) in [6.45, 7) is 1.91. The summed E-state index contributed by atoms with van der Waals surface area (Å²) in [5.41, 5.74) is 1.64. The van der Waals surface area contributed by atoms with E-state index >= 15 is 0 Å². The van der Waals surface area contributed by atoms with Crippen LogP contribution in [-0.2, 0) is 0 Å². The number of thiazole rings is 1. The highest BCUT2D eigenvalue weighted by atomic mass is 35.5. The van der Waals surface area contributed by atoms with E-state index in [9.17, 15) is 14.7 Å². The topological polar surface area (TPSA) is 79.3 Å². The minimum atomic E-state index is -1.15. The van der Waals surface area contributed by atoms with Crippen molar-refractivity contribution in [2.24, 2.45) is 0 Å². The van der Waals surface area contributed by atoms with Gasteiger partial charge in [-0.3, -0.25) is 10.1 Å². The number of aryl methyl sites for hydroxylation is 1. The summed E-state index contributed by atoms with van der Waals surface area (Å²) in [6, 6.07) is 17.7. The van der Waals surface area contributed by atoms with Crippen LogP contribution in [0.3, 0.4) is 0 Å². The molecule has 0 bridgehead atoms. The van der Waals surface area contributed by atoms with Crippen molar-refractivity contribution in [3.05, 3.63) is 81.7 Å². The summed E-state index contributed by atoms with van der Waals surface area (Å²) in [7, 11) is 0. The summed E-state index contributed by atoms with van der Waals surface area (Å²) < 4.78 is 0. The number of amides is 1. The highest BCUT2D eigenvalue weighted by molar-refractivity contribution is 7.16. The maximum Gasteiger partial charge on any atom is 0.337 e. The van der Waals surface area contributed by atoms with Crippen LogP contribution in [0.4, 0.5) is 5.13 Å². The summed E-state index contributed by atoms with van der Waals surface area (Å²) in [5, 5.41) is 14.7. The van der Waals surface area contributed by atoms with Gasteiger partial charge < -0.3 is 5.11 Å². The lowest BCUT2D eigenvalue weighted by Gasteiger charge is -2.09. The maximum atomic E-state index is 12.9. The van der Waals surface area contributed by atoms with E-state index in [4.69, 9.17) is 11.6 Å². The Kier molecular flexibility index (Phi) is 5.05. The Hall–Kier alpha value is -3.22. The van der Waals surface area contributed by atoms with Gasteiger partial charge in [0, 0.05) is 15.5 Å². The van der Waals surface area contributed by atoms with Gasteiger partial charge in [0.25, 0.3) is 5.91 Å². The van der Waals surface area contributed by atoms with Crippen LogP contribution >= 0.6 is 22.9 Å². The van der Waals surface area contributed by atoms with Gasteiger partial charge in [-0.05, 0) is 35.9 Å². The second-order valence-electron chi connectivity index (χ2n) is 6.40. The predicted molar refractivity (Wildman–Crippen MR) is 116 cm³/mol. The van der Waals surface area contributed by atoms with Crippen LogP contribution in [0, 0.1) is 6.92 Å². The Morgan fingerprint density at radius 2 is 1.86 bits per heavy atom. The first-order valence-corrected chi connectivity index (χ1v) is 9.93. The van der Waals surface area contributed by atoms with Gasteiger partial charge in [0.15, 0.2) is 5.13 Å². The van der Waals surface area contributed by atoms with Gasteiger partial charge in [-0.1, -0.05) is 54.1 Å². The average Bonchev–Trinajstić information content (AvgIpc) is 3.06. The number of aromatic nitrogens is 1. The van der Waals surface area contributed by atoms with Gasteiger partial charge in [0.2, 0.25) is 0 Å². The number of hydrogen-bond donors (Lipinski definition) is 2. The zero-order valence-corrected chi connectivity index (χ0v) is 16.8. The number of anilines is 1. The number of halogens is 1. The minimum absolute atomic E-state index is 0.0241. The summed E-state index contributed by atoms with van der Waals surface area (Å²) in [5.74, 6) is -1.67. The lowest BCUT2D eigenvalue weighted by atomic mass is 9.98. The quantitative estimate of drug-likeness (QED) is 0.430. The summed E-state index contributed by atoms with van der Waals surface area (Å²) in [4.78, 5) is 30.1. The van der Waals surface area contributed by atoms with Crippen LogP contribution in [0.25, 0.3) is 22.0 Å². The maximum absolute atomic E-state index is 12.9. The van der Waals surface area contributed by atoms with E-state index in [0.29, 0.717) is 15.5 Å². The van der Waals surface area contributed by atoms with Crippen molar-refractivity contribution in [2.45, 2.75) is 6.92 Å². The van der Waals surface area contributed by atoms with Gasteiger partial charge in [0.05, 0.1) is 16.8 Å². The molecule has 0 atom stereocenters. The van der Waals surface area contributed by atoms with E-state index < -0.39 is 11.9 Å². The Morgan fingerprint density at radius 1 is 1.07 bits per heavy atom. The highest BCUT2D eigenvalue weighted by Gasteiger charge is 2.21. The number of carbonyl (C=O) groups excluding carboxylic acids is 1. The van der Waals surface area contributed by atoms with Crippen LogP contribution in [0.2, 0.25) is 5.02 Å². The number of benzene rings is 3. The first kappa shape index (κ1) is 19.1. The molecule has 0 unspecified atom stereocenters. The summed E-state index contributed by atoms with van der Waals surface area (Å²) >= 11 is 7.39. The van der Waals surface area contributed by atoms with Crippen LogP contribution in [-0.4, -0.2) is 22.0 Å². The van der Waals surface area contributed by atoms with E-state index in [2.05, 4.69) is 10.3 Å². The smallest absolute Gasteiger partial charge is 0.337 e. The molecule has 1 aromatic heterocycles. The average molecular weight is 423 g/mol. The van der Waals surface area contributed by atoms with Crippen molar-refractivity contribution in [2.75, 3.05) is 5.32 Å². The highest BCUT2D eigenvalue weighted by Crippen LogP contribution is 2.32. The number of carboxylic acids is 1. The zero-order chi connectivity index (χ0) is 20.5. The number of aromatic carboxylic acids is 1. The molecule has 0 spiro atoms. The van der Waals surface area contributed by atoms with Crippen LogP contribution in [0.15, 0.2) is 60.7 Å². The molecule has 0 radical (unpaired) electrons. The van der Waals surface area contributed by atoms with Crippen molar-refractivity contribution < 1.29 is 14.7 Å². The molecule has 4 aromatic rings. The molecular formula is C22H15ClN2O3S. The van der Waals surface area contributed by atoms with Gasteiger partial charge >= 0.3 is 5.97 Å². The molecule has 7 heteroatoms. The monoisotopic (exact) mass is 422 g/mol. The molecular weight excluding hydrogens is 408 g/mol. The standard InChI is InChI=1S/C22H15ClN2O3S/c1-12-19(14-6-4-7-15(23)11-14)24-22(29-12)25-20(26)17-10-9-13-5-2-3-8-16(13)18(17)21(27)28/h2-11H,1H3,(H,27,28)(H,24,25,26). The lowest BCUT2D eigenvalue weighted by Crippen LogP contribution is -2.16. The largest absolute Gasteiger partial charge is 0.478 e. The molecule has 0 aliphatic carbocycles. The Morgan fingerprint density at radius 3 is 2.62 bits per heavy atom. The Balaban J connectivity index is 1.70. The third kappa shape index (κ3) is 3.72. The van der Waals surface area contributed by atoms with E-state index in [1.807, 2.05) is 31.2 Å². The fourth-order valence-electron chi connectivity index (χ4n) is 3.21. The van der Waals surface area contributed by atoms with Crippen molar-refractivity contribution >= 4 is 50.7 Å². The molecule has 1 amide bonds. The molecule has 0 saturated carbocycles. The predicted octanol–water partition coefficient (Wildman–Crippen LogP) is 5.88. The lowest BCUT2D eigenvalue weighted by molar-refractivity contribution is 0.0695. The fraction of sp³-hybridized carbons (Fsp3) is 0.0455. The second-order valence-corrected chi connectivity index (χ2v) is 8.04. The molecule has 3 aromatic carbocycles. The number of fused-ring (bicyclic) bond motifs is 1. The molecule has 0 fully saturated rings. The summed E-state index contributed by atoms with van der Waals surface area (Å²) in [6.07, 6.45) is 0. The van der Waals surface area contributed by atoms with Gasteiger partial charge in [-0.2, -0.15) is 0 Å². The minimum Gasteiger partial charge on any atom is -0.478 e. The fourth-order valence-corrected chi connectivity index (χ4v) is 4.23. The van der Waals surface area contributed by atoms with E-state index in [1.54, 1.807) is 30.3 Å². The molecule has 2 N–H and O–H groups in total. The third-order valence-corrected chi connectivity index (χ3v) is 5.62. The van der Waals surface area contributed by atoms with Gasteiger partial charge in [-0.15, -0.1) is 11.3 Å².